The van der Waals surface area contributed by atoms with Crippen molar-refractivity contribution in [1.29, 1.82) is 0 Å². The summed E-state index contributed by atoms with van der Waals surface area (Å²) in [7, 11) is 0. The van der Waals surface area contributed by atoms with Crippen molar-refractivity contribution in [2.24, 2.45) is 0 Å². The zero-order valence-electron chi connectivity index (χ0n) is 26.9. The van der Waals surface area contributed by atoms with Gasteiger partial charge in [-0.2, -0.15) is 0 Å². The summed E-state index contributed by atoms with van der Waals surface area (Å²) in [6.07, 6.45) is 3.85. The van der Waals surface area contributed by atoms with E-state index < -0.39 is 0 Å². The van der Waals surface area contributed by atoms with Gasteiger partial charge in [-0.1, -0.05) is 102 Å². The normalized spacial score (nSPS) is 12.2. The number of benzene rings is 4. The van der Waals surface area contributed by atoms with Crippen LogP contribution in [0.2, 0.25) is 0 Å². The molecule has 0 saturated carbocycles. The van der Waals surface area contributed by atoms with Crippen LogP contribution < -0.4 is 0 Å². The Morgan fingerprint density at radius 3 is 1.71 bits per heavy atom. The fourth-order valence-corrected chi connectivity index (χ4v) is 6.13. The Labute approximate surface area is 266 Å². The molecule has 3 heteroatoms. The van der Waals surface area contributed by atoms with E-state index in [1.807, 2.05) is 24.5 Å². The standard InChI is InChI=1S/C42H39N3/c1-41(2,3)31-22-33(28-15-12-16-29(21-28)37-19-18-30(26-44-37)27-13-8-7-9-14-27)39-34(23-31)35-24-32(42(4,5)6)25-36(40(35)45-39)38-17-10-11-20-43-38/h7-26,45H,1-6H3. The lowest BCUT2D eigenvalue weighted by molar-refractivity contribution is 0.590. The van der Waals surface area contributed by atoms with Gasteiger partial charge in [0.05, 0.1) is 22.4 Å². The SMILES string of the molecule is CC(C)(C)c1cc(-c2cccc(-c3ccc(-c4ccccc4)cn3)c2)c2[nH]c3c(-c4ccccn4)cc(C(C)(C)C)cc3c2c1. The molecule has 0 bridgehead atoms. The van der Waals surface area contributed by atoms with Gasteiger partial charge >= 0.3 is 0 Å². The molecule has 0 spiro atoms. The van der Waals surface area contributed by atoms with Crippen LogP contribution in [-0.2, 0) is 10.8 Å². The molecule has 0 radical (unpaired) electrons. The molecule has 3 heterocycles. The van der Waals surface area contributed by atoms with Crippen LogP contribution in [0.25, 0.3) is 66.6 Å². The quantitative estimate of drug-likeness (QED) is 0.223. The number of nitrogens with zero attached hydrogens (tertiary/aromatic N) is 2. The first-order valence-electron chi connectivity index (χ1n) is 15.7. The van der Waals surface area contributed by atoms with Gasteiger partial charge in [0.15, 0.2) is 0 Å². The zero-order valence-corrected chi connectivity index (χ0v) is 26.9. The minimum Gasteiger partial charge on any atom is -0.353 e. The van der Waals surface area contributed by atoms with Crippen molar-refractivity contribution in [1.82, 2.24) is 15.0 Å². The lowest BCUT2D eigenvalue weighted by Crippen LogP contribution is -2.11. The fourth-order valence-electron chi connectivity index (χ4n) is 6.13. The highest BCUT2D eigenvalue weighted by Gasteiger charge is 2.23. The van der Waals surface area contributed by atoms with Gasteiger partial charge in [0.1, 0.15) is 0 Å². The predicted octanol–water partition coefficient (Wildman–Crippen LogP) is 11.4. The van der Waals surface area contributed by atoms with Gasteiger partial charge in [-0.3, -0.25) is 9.97 Å². The molecule has 4 aromatic carbocycles. The molecule has 3 aromatic heterocycles. The van der Waals surface area contributed by atoms with Gasteiger partial charge in [0.2, 0.25) is 0 Å². The number of fused-ring (bicyclic) bond motifs is 3. The van der Waals surface area contributed by atoms with Crippen LogP contribution in [0.4, 0.5) is 0 Å². The van der Waals surface area contributed by atoms with Crippen LogP contribution in [0.1, 0.15) is 52.7 Å². The highest BCUT2D eigenvalue weighted by molar-refractivity contribution is 6.16. The molecule has 0 unspecified atom stereocenters. The summed E-state index contributed by atoms with van der Waals surface area (Å²) < 4.78 is 0. The Kier molecular flexibility index (Phi) is 6.93. The van der Waals surface area contributed by atoms with E-state index in [2.05, 4.69) is 144 Å². The molecule has 0 amide bonds. The maximum atomic E-state index is 4.88. The van der Waals surface area contributed by atoms with Gasteiger partial charge in [-0.15, -0.1) is 0 Å². The number of aromatic nitrogens is 3. The summed E-state index contributed by atoms with van der Waals surface area (Å²) in [5.41, 5.74) is 13.7. The van der Waals surface area contributed by atoms with E-state index in [9.17, 15) is 0 Å². The average molecular weight is 586 g/mol. The molecule has 45 heavy (non-hydrogen) atoms. The van der Waals surface area contributed by atoms with Crippen LogP contribution in [0.3, 0.4) is 0 Å². The van der Waals surface area contributed by atoms with Crippen molar-refractivity contribution >= 4 is 21.8 Å². The van der Waals surface area contributed by atoms with E-state index in [4.69, 9.17) is 9.97 Å². The maximum Gasteiger partial charge on any atom is 0.0723 e. The number of pyridine rings is 2. The number of aromatic amines is 1. The van der Waals surface area contributed by atoms with Crippen LogP contribution >= 0.6 is 0 Å². The van der Waals surface area contributed by atoms with Gasteiger partial charge in [-0.25, -0.2) is 0 Å². The molecule has 0 saturated heterocycles. The number of H-pyrrole nitrogens is 1. The average Bonchev–Trinajstić information content (AvgIpc) is 3.43. The number of hydrogen-bond donors (Lipinski definition) is 1. The summed E-state index contributed by atoms with van der Waals surface area (Å²) in [4.78, 5) is 13.5. The van der Waals surface area contributed by atoms with Gasteiger partial charge in [0.25, 0.3) is 0 Å². The molecule has 0 atom stereocenters. The first kappa shape index (κ1) is 28.7. The highest BCUT2D eigenvalue weighted by Crippen LogP contribution is 2.42. The second kappa shape index (κ2) is 10.9. The van der Waals surface area contributed by atoms with E-state index in [1.54, 1.807) is 0 Å². The summed E-state index contributed by atoms with van der Waals surface area (Å²) in [5.74, 6) is 0. The Bertz CT molecular complexity index is 2140. The van der Waals surface area contributed by atoms with Crippen molar-refractivity contribution < 1.29 is 0 Å². The minimum absolute atomic E-state index is 0.0107. The van der Waals surface area contributed by atoms with Crippen molar-refractivity contribution in [3.05, 3.63) is 133 Å². The number of rotatable bonds is 4. The van der Waals surface area contributed by atoms with E-state index in [0.717, 1.165) is 39.1 Å². The number of hydrogen-bond acceptors (Lipinski definition) is 2. The first-order chi connectivity index (χ1) is 21.6. The van der Waals surface area contributed by atoms with Crippen LogP contribution in [0.5, 0.6) is 0 Å². The third-order valence-corrected chi connectivity index (χ3v) is 8.83. The topological polar surface area (TPSA) is 41.6 Å². The molecule has 0 aliphatic heterocycles. The summed E-state index contributed by atoms with van der Waals surface area (Å²) >= 11 is 0. The molecule has 0 aliphatic rings. The second-order valence-electron chi connectivity index (χ2n) is 14.1. The molecule has 1 N–H and O–H groups in total. The maximum absolute atomic E-state index is 4.88. The van der Waals surface area contributed by atoms with E-state index in [-0.39, 0.29) is 10.8 Å². The molecular weight excluding hydrogens is 546 g/mol. The monoisotopic (exact) mass is 585 g/mol. The molecular formula is C42H39N3. The fraction of sp³-hybridized carbons (Fsp3) is 0.190. The van der Waals surface area contributed by atoms with Crippen molar-refractivity contribution in [3.63, 3.8) is 0 Å². The smallest absolute Gasteiger partial charge is 0.0723 e. The van der Waals surface area contributed by atoms with E-state index in [1.165, 1.54) is 38.6 Å². The molecule has 222 valence electrons. The van der Waals surface area contributed by atoms with Gasteiger partial charge < -0.3 is 4.98 Å². The Hall–Kier alpha value is -5.02. The summed E-state index contributed by atoms with van der Waals surface area (Å²) in [5, 5.41) is 2.48. The van der Waals surface area contributed by atoms with Crippen LogP contribution in [-0.4, -0.2) is 15.0 Å². The lowest BCUT2D eigenvalue weighted by atomic mass is 9.82. The largest absolute Gasteiger partial charge is 0.353 e. The second-order valence-corrected chi connectivity index (χ2v) is 14.1. The summed E-state index contributed by atoms with van der Waals surface area (Å²) in [6.45, 7) is 13.7. The minimum atomic E-state index is -0.0234. The third kappa shape index (κ3) is 5.44. The van der Waals surface area contributed by atoms with E-state index in [0.29, 0.717) is 0 Å². The first-order valence-corrected chi connectivity index (χ1v) is 15.7. The van der Waals surface area contributed by atoms with Crippen molar-refractivity contribution in [2.45, 2.75) is 52.4 Å². The van der Waals surface area contributed by atoms with Gasteiger partial charge in [-0.05, 0) is 81.6 Å². The molecule has 7 aromatic rings. The molecule has 0 aliphatic carbocycles. The molecule has 3 nitrogen and oxygen atoms in total. The van der Waals surface area contributed by atoms with Crippen LogP contribution in [0, 0.1) is 0 Å². The Morgan fingerprint density at radius 2 is 1.09 bits per heavy atom. The zero-order chi connectivity index (χ0) is 31.3. The van der Waals surface area contributed by atoms with Crippen molar-refractivity contribution in [2.75, 3.05) is 0 Å². The van der Waals surface area contributed by atoms with E-state index >= 15 is 0 Å². The highest BCUT2D eigenvalue weighted by atomic mass is 14.7. The predicted molar refractivity (Wildman–Crippen MR) is 191 cm³/mol. The number of nitrogens with one attached hydrogen (secondary N) is 1. The van der Waals surface area contributed by atoms with Crippen molar-refractivity contribution in [3.8, 4) is 44.8 Å². The van der Waals surface area contributed by atoms with Gasteiger partial charge in [0, 0.05) is 45.4 Å². The Balaban J connectivity index is 1.44. The van der Waals surface area contributed by atoms with Crippen LogP contribution in [0.15, 0.2) is 122 Å². The lowest BCUT2D eigenvalue weighted by Gasteiger charge is -2.22. The summed E-state index contributed by atoms with van der Waals surface area (Å²) in [6, 6.07) is 39.1. The molecule has 7 rings (SSSR count). The Morgan fingerprint density at radius 1 is 0.467 bits per heavy atom. The molecule has 0 fully saturated rings. The third-order valence-electron chi connectivity index (χ3n) is 8.83.